The fourth-order valence-electron chi connectivity index (χ4n) is 1.59. The third kappa shape index (κ3) is 3.38. The van der Waals surface area contributed by atoms with E-state index in [2.05, 4.69) is 19.2 Å². The molecule has 0 fully saturated rings. The van der Waals surface area contributed by atoms with Gasteiger partial charge in [-0.3, -0.25) is 4.79 Å². The van der Waals surface area contributed by atoms with Crippen LogP contribution in [0.25, 0.3) is 0 Å². The maximum atomic E-state index is 11.8. The molecule has 0 aromatic carbocycles. The van der Waals surface area contributed by atoms with Gasteiger partial charge in [0.2, 0.25) is 0 Å². The van der Waals surface area contributed by atoms with Gasteiger partial charge >= 0.3 is 0 Å². The number of rotatable bonds is 6. The summed E-state index contributed by atoms with van der Waals surface area (Å²) in [5.74, 6) is 0.823. The van der Waals surface area contributed by atoms with Crippen molar-refractivity contribution < 1.29 is 9.21 Å². The van der Waals surface area contributed by atoms with E-state index < -0.39 is 0 Å². The van der Waals surface area contributed by atoms with Crippen LogP contribution in [-0.2, 0) is 6.54 Å². The highest BCUT2D eigenvalue weighted by Gasteiger charge is 2.14. The van der Waals surface area contributed by atoms with Crippen LogP contribution in [0.5, 0.6) is 0 Å². The smallest absolute Gasteiger partial charge is 0.287 e. The van der Waals surface area contributed by atoms with Gasteiger partial charge in [0.25, 0.3) is 5.91 Å². The Bertz CT molecular complexity index is 334. The van der Waals surface area contributed by atoms with Gasteiger partial charge in [0.15, 0.2) is 5.76 Å². The largest absolute Gasteiger partial charge is 0.455 e. The predicted molar refractivity (Wildman–Crippen MR) is 63.1 cm³/mol. The lowest BCUT2D eigenvalue weighted by Gasteiger charge is -2.14. The van der Waals surface area contributed by atoms with Gasteiger partial charge in [0.1, 0.15) is 5.76 Å². The van der Waals surface area contributed by atoms with Crippen molar-refractivity contribution in [1.29, 1.82) is 0 Å². The van der Waals surface area contributed by atoms with Crippen molar-refractivity contribution in [2.75, 3.05) is 0 Å². The number of carbonyl (C=O) groups is 1. The normalized spacial score (nSPS) is 12.4. The average molecular weight is 224 g/mol. The Labute approximate surface area is 96.2 Å². The highest BCUT2D eigenvalue weighted by Crippen LogP contribution is 2.08. The lowest BCUT2D eigenvalue weighted by atomic mass is 10.1. The van der Waals surface area contributed by atoms with E-state index in [1.165, 1.54) is 0 Å². The molecule has 0 aliphatic rings. The maximum absolute atomic E-state index is 11.8. The zero-order chi connectivity index (χ0) is 12.0. The maximum Gasteiger partial charge on any atom is 0.287 e. The summed E-state index contributed by atoms with van der Waals surface area (Å²) in [4.78, 5) is 11.8. The zero-order valence-corrected chi connectivity index (χ0v) is 9.95. The molecule has 4 heteroatoms. The highest BCUT2D eigenvalue weighted by molar-refractivity contribution is 5.91. The van der Waals surface area contributed by atoms with E-state index in [9.17, 15) is 4.79 Å². The zero-order valence-electron chi connectivity index (χ0n) is 9.95. The molecule has 1 unspecified atom stereocenters. The first-order chi connectivity index (χ1) is 7.71. The summed E-state index contributed by atoms with van der Waals surface area (Å²) >= 11 is 0. The van der Waals surface area contributed by atoms with Gasteiger partial charge in [-0.2, -0.15) is 0 Å². The van der Waals surface area contributed by atoms with Gasteiger partial charge in [-0.05, 0) is 25.0 Å². The van der Waals surface area contributed by atoms with E-state index in [1.54, 1.807) is 12.1 Å². The van der Waals surface area contributed by atoms with Crippen molar-refractivity contribution in [1.82, 2.24) is 5.32 Å². The molecule has 4 nitrogen and oxygen atoms in total. The lowest BCUT2D eigenvalue weighted by Crippen LogP contribution is -2.33. The summed E-state index contributed by atoms with van der Waals surface area (Å²) < 4.78 is 5.28. The number of hydrogen-bond acceptors (Lipinski definition) is 3. The van der Waals surface area contributed by atoms with Crippen molar-refractivity contribution in [2.24, 2.45) is 5.73 Å². The molecule has 3 N–H and O–H groups in total. The Kier molecular flexibility index (Phi) is 5.05. The van der Waals surface area contributed by atoms with Crippen molar-refractivity contribution in [2.45, 2.75) is 45.7 Å². The summed E-state index contributed by atoms with van der Waals surface area (Å²) in [5, 5.41) is 2.95. The molecule has 0 saturated heterocycles. The van der Waals surface area contributed by atoms with E-state index in [4.69, 9.17) is 10.2 Å². The van der Waals surface area contributed by atoms with Crippen LogP contribution in [0.2, 0.25) is 0 Å². The van der Waals surface area contributed by atoms with E-state index in [0.29, 0.717) is 18.1 Å². The second-order valence-electron chi connectivity index (χ2n) is 3.84. The average Bonchev–Trinajstić information content (AvgIpc) is 2.76. The predicted octanol–water partition coefficient (Wildman–Crippen LogP) is 2.05. The summed E-state index contributed by atoms with van der Waals surface area (Å²) in [6.07, 6.45) is 2.99. The molecule has 1 aromatic rings. The fourth-order valence-corrected chi connectivity index (χ4v) is 1.59. The van der Waals surface area contributed by atoms with Crippen LogP contribution < -0.4 is 11.1 Å². The molecule has 90 valence electrons. The molecule has 0 bridgehead atoms. The minimum Gasteiger partial charge on any atom is -0.455 e. The van der Waals surface area contributed by atoms with Crippen molar-refractivity contribution in [3.8, 4) is 0 Å². The van der Waals surface area contributed by atoms with Crippen LogP contribution in [0.1, 0.15) is 49.4 Å². The number of carbonyl (C=O) groups excluding carboxylic acids is 1. The molecule has 1 heterocycles. The first-order valence-electron chi connectivity index (χ1n) is 5.80. The summed E-state index contributed by atoms with van der Waals surface area (Å²) in [6.45, 7) is 4.49. The Hall–Kier alpha value is -1.29. The van der Waals surface area contributed by atoms with Crippen LogP contribution in [0, 0.1) is 0 Å². The lowest BCUT2D eigenvalue weighted by molar-refractivity contribution is 0.0904. The van der Waals surface area contributed by atoms with Crippen molar-refractivity contribution >= 4 is 5.91 Å². The number of amides is 1. The SMILES string of the molecule is CCCC(CC)NC(=O)c1ccc(CN)o1. The molecule has 1 amide bonds. The van der Waals surface area contributed by atoms with E-state index >= 15 is 0 Å². The molecule has 16 heavy (non-hydrogen) atoms. The highest BCUT2D eigenvalue weighted by atomic mass is 16.4. The van der Waals surface area contributed by atoms with Crippen molar-refractivity contribution in [3.63, 3.8) is 0 Å². The van der Waals surface area contributed by atoms with E-state index in [1.807, 2.05) is 0 Å². The molecule has 1 aromatic heterocycles. The summed E-state index contributed by atoms with van der Waals surface area (Å²) in [5.41, 5.74) is 5.41. The second kappa shape index (κ2) is 6.33. The Morgan fingerprint density at radius 1 is 1.50 bits per heavy atom. The Morgan fingerprint density at radius 2 is 2.25 bits per heavy atom. The molecule has 1 rings (SSSR count). The number of furan rings is 1. The standard InChI is InChI=1S/C12H20N2O2/c1-3-5-9(4-2)14-12(15)11-7-6-10(8-13)16-11/h6-7,9H,3-5,8,13H2,1-2H3,(H,14,15). The molecule has 0 aliphatic heterocycles. The Balaban J connectivity index is 2.56. The summed E-state index contributed by atoms with van der Waals surface area (Å²) in [7, 11) is 0. The minimum atomic E-state index is -0.153. The summed E-state index contributed by atoms with van der Waals surface area (Å²) in [6, 6.07) is 3.62. The molecule has 0 radical (unpaired) electrons. The van der Waals surface area contributed by atoms with Crippen LogP contribution >= 0.6 is 0 Å². The van der Waals surface area contributed by atoms with E-state index in [-0.39, 0.29) is 11.9 Å². The first kappa shape index (κ1) is 12.8. The molecule has 0 saturated carbocycles. The van der Waals surface area contributed by atoms with Gasteiger partial charge in [-0.15, -0.1) is 0 Å². The first-order valence-corrected chi connectivity index (χ1v) is 5.80. The van der Waals surface area contributed by atoms with Crippen LogP contribution in [0.4, 0.5) is 0 Å². The minimum absolute atomic E-state index is 0.153. The van der Waals surface area contributed by atoms with Crippen LogP contribution in [-0.4, -0.2) is 11.9 Å². The third-order valence-corrected chi connectivity index (χ3v) is 2.55. The number of nitrogens with one attached hydrogen (secondary N) is 1. The second-order valence-corrected chi connectivity index (χ2v) is 3.84. The molecular formula is C12H20N2O2. The third-order valence-electron chi connectivity index (χ3n) is 2.55. The number of nitrogens with two attached hydrogens (primary N) is 1. The molecule has 0 aliphatic carbocycles. The van der Waals surface area contributed by atoms with Gasteiger partial charge < -0.3 is 15.5 Å². The van der Waals surface area contributed by atoms with Gasteiger partial charge in [-0.1, -0.05) is 20.3 Å². The quantitative estimate of drug-likeness (QED) is 0.777. The molecule has 1 atom stereocenters. The van der Waals surface area contributed by atoms with Crippen LogP contribution in [0.15, 0.2) is 16.5 Å². The molecule has 0 spiro atoms. The van der Waals surface area contributed by atoms with Crippen LogP contribution in [0.3, 0.4) is 0 Å². The topological polar surface area (TPSA) is 68.3 Å². The monoisotopic (exact) mass is 224 g/mol. The van der Waals surface area contributed by atoms with Gasteiger partial charge in [0, 0.05) is 6.04 Å². The number of hydrogen-bond donors (Lipinski definition) is 2. The van der Waals surface area contributed by atoms with E-state index in [0.717, 1.165) is 19.3 Å². The Morgan fingerprint density at radius 3 is 2.75 bits per heavy atom. The van der Waals surface area contributed by atoms with Gasteiger partial charge in [0.05, 0.1) is 6.54 Å². The van der Waals surface area contributed by atoms with Gasteiger partial charge in [-0.25, -0.2) is 0 Å². The molecular weight excluding hydrogens is 204 g/mol. The fraction of sp³-hybridized carbons (Fsp3) is 0.583. The van der Waals surface area contributed by atoms with Crippen molar-refractivity contribution in [3.05, 3.63) is 23.7 Å².